The van der Waals surface area contributed by atoms with Crippen molar-refractivity contribution in [2.45, 2.75) is 26.2 Å². The molecule has 96 valence electrons. The van der Waals surface area contributed by atoms with Gasteiger partial charge in [0.05, 0.1) is 5.01 Å². The van der Waals surface area contributed by atoms with Gasteiger partial charge >= 0.3 is 0 Å². The molecule has 0 fully saturated rings. The fourth-order valence-corrected chi connectivity index (χ4v) is 3.01. The number of benzene rings is 1. The molecule has 2 rings (SSSR count). The van der Waals surface area contributed by atoms with E-state index in [9.17, 15) is 0 Å². The molecule has 1 heterocycles. The van der Waals surface area contributed by atoms with Gasteiger partial charge in [0.1, 0.15) is 0 Å². The fraction of sp³-hybridized carbons (Fsp3) is 0.400. The van der Waals surface area contributed by atoms with Crippen LogP contribution >= 0.6 is 11.3 Å². The van der Waals surface area contributed by atoms with E-state index < -0.39 is 0 Å². The summed E-state index contributed by atoms with van der Waals surface area (Å²) in [6, 6.07) is 8.86. The molecule has 1 unspecified atom stereocenters. The third-order valence-electron chi connectivity index (χ3n) is 3.12. The van der Waals surface area contributed by atoms with E-state index in [1.807, 2.05) is 13.2 Å². The lowest BCUT2D eigenvalue weighted by Gasteiger charge is -2.16. The second-order valence-electron chi connectivity index (χ2n) is 4.72. The van der Waals surface area contributed by atoms with Gasteiger partial charge in [-0.15, -0.1) is 11.3 Å². The third kappa shape index (κ3) is 3.40. The van der Waals surface area contributed by atoms with Crippen LogP contribution in [0, 0.1) is 13.8 Å². The second kappa shape index (κ2) is 6.12. The summed E-state index contributed by atoms with van der Waals surface area (Å²) >= 11 is 1.80. The first kappa shape index (κ1) is 13.2. The van der Waals surface area contributed by atoms with E-state index in [1.54, 1.807) is 11.3 Å². The van der Waals surface area contributed by atoms with E-state index in [0.717, 1.165) is 18.0 Å². The molecule has 1 aromatic carbocycles. The summed E-state index contributed by atoms with van der Waals surface area (Å²) in [5, 5.41) is 4.44. The van der Waals surface area contributed by atoms with Crippen molar-refractivity contribution in [2.24, 2.45) is 0 Å². The highest BCUT2D eigenvalue weighted by atomic mass is 32.1. The molecule has 0 aliphatic carbocycles. The maximum Gasteiger partial charge on any atom is 0.0896 e. The third-order valence-corrected chi connectivity index (χ3v) is 4.05. The zero-order valence-corrected chi connectivity index (χ0v) is 12.1. The van der Waals surface area contributed by atoms with Crippen molar-refractivity contribution in [3.05, 3.63) is 51.5 Å². The van der Waals surface area contributed by atoms with Crippen LogP contribution in [0.5, 0.6) is 0 Å². The molecule has 1 aromatic heterocycles. The predicted octanol–water partition coefficient (Wildman–Crippen LogP) is 3.31. The Morgan fingerprint density at radius 2 is 1.94 bits per heavy atom. The average molecular weight is 260 g/mol. The molecule has 3 heteroatoms. The molecule has 0 saturated carbocycles. The predicted molar refractivity (Wildman–Crippen MR) is 78.4 cm³/mol. The molecule has 1 atom stereocenters. The van der Waals surface area contributed by atoms with Gasteiger partial charge in [0.25, 0.3) is 0 Å². The van der Waals surface area contributed by atoms with Crippen LogP contribution in [0.15, 0.2) is 30.5 Å². The van der Waals surface area contributed by atoms with E-state index in [4.69, 9.17) is 0 Å². The Labute approximate surface area is 113 Å². The zero-order valence-electron chi connectivity index (χ0n) is 11.2. The van der Waals surface area contributed by atoms with E-state index >= 15 is 0 Å². The summed E-state index contributed by atoms with van der Waals surface area (Å²) in [4.78, 5) is 5.70. The second-order valence-corrected chi connectivity index (χ2v) is 6.03. The zero-order chi connectivity index (χ0) is 13.0. The summed E-state index contributed by atoms with van der Waals surface area (Å²) in [6.07, 6.45) is 3.08. The van der Waals surface area contributed by atoms with Crippen LogP contribution in [-0.4, -0.2) is 18.6 Å². The van der Waals surface area contributed by atoms with Crippen molar-refractivity contribution >= 4 is 11.3 Å². The van der Waals surface area contributed by atoms with Gasteiger partial charge in [-0.3, -0.25) is 0 Å². The van der Waals surface area contributed by atoms with Gasteiger partial charge in [0.15, 0.2) is 0 Å². The monoisotopic (exact) mass is 260 g/mol. The number of hydrogen-bond donors (Lipinski definition) is 1. The quantitative estimate of drug-likeness (QED) is 0.892. The highest BCUT2D eigenvalue weighted by molar-refractivity contribution is 7.11. The summed E-state index contributed by atoms with van der Waals surface area (Å²) in [6.45, 7) is 5.19. The van der Waals surface area contributed by atoms with Crippen LogP contribution < -0.4 is 5.32 Å². The first-order valence-electron chi connectivity index (χ1n) is 6.31. The number of likely N-dealkylation sites (N-methyl/N-ethyl adjacent to an activating group) is 1. The summed E-state index contributed by atoms with van der Waals surface area (Å²) in [5.41, 5.74) is 2.72. The summed E-state index contributed by atoms with van der Waals surface area (Å²) in [7, 11) is 2.01. The molecule has 0 radical (unpaired) electrons. The topological polar surface area (TPSA) is 24.9 Å². The molecule has 0 aliphatic rings. The standard InChI is InChI=1S/C15H20N2S/c1-11-4-6-13(7-5-11)14(9-16-3)8-15-10-17-12(2)18-15/h4-7,10,14,16H,8-9H2,1-3H3. The Kier molecular flexibility index (Phi) is 4.50. The molecule has 1 N–H and O–H groups in total. The molecule has 18 heavy (non-hydrogen) atoms. The summed E-state index contributed by atoms with van der Waals surface area (Å²) < 4.78 is 0. The highest BCUT2D eigenvalue weighted by Crippen LogP contribution is 2.23. The number of nitrogens with zero attached hydrogens (tertiary/aromatic N) is 1. The van der Waals surface area contributed by atoms with Crippen molar-refractivity contribution < 1.29 is 0 Å². The van der Waals surface area contributed by atoms with E-state index in [0.29, 0.717) is 5.92 Å². The Hall–Kier alpha value is -1.19. The van der Waals surface area contributed by atoms with Crippen molar-refractivity contribution in [1.82, 2.24) is 10.3 Å². The van der Waals surface area contributed by atoms with Gasteiger partial charge in [-0.25, -0.2) is 4.98 Å². The highest BCUT2D eigenvalue weighted by Gasteiger charge is 2.13. The summed E-state index contributed by atoms with van der Waals surface area (Å²) in [5.74, 6) is 0.524. The van der Waals surface area contributed by atoms with Crippen LogP contribution in [0.2, 0.25) is 0 Å². The maximum absolute atomic E-state index is 4.34. The number of hydrogen-bond acceptors (Lipinski definition) is 3. The van der Waals surface area contributed by atoms with Crippen LogP contribution in [0.1, 0.15) is 26.9 Å². The normalized spacial score (nSPS) is 12.6. The Morgan fingerprint density at radius 1 is 1.22 bits per heavy atom. The van der Waals surface area contributed by atoms with E-state index in [2.05, 4.69) is 48.4 Å². The van der Waals surface area contributed by atoms with Crippen LogP contribution in [0.3, 0.4) is 0 Å². The molecular weight excluding hydrogens is 240 g/mol. The van der Waals surface area contributed by atoms with Gasteiger partial charge < -0.3 is 5.32 Å². The number of thiazole rings is 1. The van der Waals surface area contributed by atoms with Gasteiger partial charge in [-0.1, -0.05) is 29.8 Å². The molecule has 0 aliphatic heterocycles. The Bertz CT molecular complexity index is 487. The van der Waals surface area contributed by atoms with Crippen molar-refractivity contribution in [3.63, 3.8) is 0 Å². The lowest BCUT2D eigenvalue weighted by atomic mass is 9.94. The van der Waals surface area contributed by atoms with Crippen LogP contribution in [-0.2, 0) is 6.42 Å². The van der Waals surface area contributed by atoms with Gasteiger partial charge in [0, 0.05) is 23.5 Å². The fourth-order valence-electron chi connectivity index (χ4n) is 2.14. The molecule has 0 bridgehead atoms. The molecule has 0 spiro atoms. The van der Waals surface area contributed by atoms with Crippen molar-refractivity contribution in [3.8, 4) is 0 Å². The van der Waals surface area contributed by atoms with Crippen LogP contribution in [0.4, 0.5) is 0 Å². The minimum Gasteiger partial charge on any atom is -0.319 e. The number of rotatable bonds is 5. The largest absolute Gasteiger partial charge is 0.319 e. The number of aromatic nitrogens is 1. The smallest absolute Gasteiger partial charge is 0.0896 e. The van der Waals surface area contributed by atoms with E-state index in [-0.39, 0.29) is 0 Å². The average Bonchev–Trinajstić information content (AvgIpc) is 2.75. The van der Waals surface area contributed by atoms with Gasteiger partial charge in [0.2, 0.25) is 0 Å². The molecule has 0 amide bonds. The first-order valence-corrected chi connectivity index (χ1v) is 7.13. The lowest BCUT2D eigenvalue weighted by Crippen LogP contribution is -2.18. The molecular formula is C15H20N2S. The maximum atomic E-state index is 4.34. The minimum atomic E-state index is 0.524. The van der Waals surface area contributed by atoms with Crippen molar-refractivity contribution in [1.29, 1.82) is 0 Å². The van der Waals surface area contributed by atoms with Crippen LogP contribution in [0.25, 0.3) is 0 Å². The number of aryl methyl sites for hydroxylation is 2. The molecule has 2 nitrogen and oxygen atoms in total. The Balaban J connectivity index is 2.14. The van der Waals surface area contributed by atoms with Gasteiger partial charge in [-0.05, 0) is 32.9 Å². The number of nitrogens with one attached hydrogen (secondary N) is 1. The van der Waals surface area contributed by atoms with Gasteiger partial charge in [-0.2, -0.15) is 0 Å². The minimum absolute atomic E-state index is 0.524. The first-order chi connectivity index (χ1) is 8.69. The Morgan fingerprint density at radius 3 is 2.50 bits per heavy atom. The molecule has 0 saturated heterocycles. The van der Waals surface area contributed by atoms with E-state index in [1.165, 1.54) is 16.0 Å². The lowest BCUT2D eigenvalue weighted by molar-refractivity contribution is 0.629. The molecule has 2 aromatic rings. The van der Waals surface area contributed by atoms with Crippen molar-refractivity contribution in [2.75, 3.05) is 13.6 Å². The SMILES string of the molecule is CNCC(Cc1cnc(C)s1)c1ccc(C)cc1.